The van der Waals surface area contributed by atoms with Crippen molar-refractivity contribution in [3.63, 3.8) is 0 Å². The molecule has 0 aliphatic carbocycles. The van der Waals surface area contributed by atoms with E-state index in [1.54, 1.807) is 7.11 Å². The number of ether oxygens (including phenoxy) is 1. The Bertz CT molecular complexity index is 236. The molecule has 18 heavy (non-hydrogen) atoms. The lowest BCUT2D eigenvalue weighted by atomic mass is 10.2. The molecule has 5 heteroatoms. The van der Waals surface area contributed by atoms with Gasteiger partial charge in [0.2, 0.25) is 0 Å². The van der Waals surface area contributed by atoms with Gasteiger partial charge < -0.3 is 15.4 Å². The number of nitrogens with one attached hydrogen (secondary N) is 2. The molecule has 1 saturated heterocycles. The van der Waals surface area contributed by atoms with Crippen LogP contribution in [0.25, 0.3) is 0 Å². The first-order valence-electron chi connectivity index (χ1n) is 7.02. The highest BCUT2D eigenvalue weighted by atomic mass is 16.5. The SMILES string of the molecule is CCCCCNC(=O)N[C@@H]1CCN(CCOC)C1. The predicted octanol–water partition coefficient (Wildman–Crippen LogP) is 1.20. The molecular weight excluding hydrogens is 230 g/mol. The van der Waals surface area contributed by atoms with E-state index in [-0.39, 0.29) is 12.1 Å². The molecule has 5 nitrogen and oxygen atoms in total. The fourth-order valence-electron chi connectivity index (χ4n) is 2.19. The Kier molecular flexibility index (Phi) is 7.76. The molecule has 0 radical (unpaired) electrons. The number of methoxy groups -OCH3 is 1. The third kappa shape index (κ3) is 6.21. The number of urea groups is 1. The zero-order chi connectivity index (χ0) is 13.2. The van der Waals surface area contributed by atoms with Crippen LogP contribution >= 0.6 is 0 Å². The van der Waals surface area contributed by atoms with E-state index in [0.29, 0.717) is 0 Å². The molecule has 1 atom stereocenters. The lowest BCUT2D eigenvalue weighted by Gasteiger charge is -2.16. The number of amides is 2. The van der Waals surface area contributed by atoms with Crippen LogP contribution in [0.2, 0.25) is 0 Å². The van der Waals surface area contributed by atoms with E-state index in [2.05, 4.69) is 22.5 Å². The van der Waals surface area contributed by atoms with Crippen LogP contribution in [0.5, 0.6) is 0 Å². The van der Waals surface area contributed by atoms with E-state index in [0.717, 1.165) is 45.6 Å². The van der Waals surface area contributed by atoms with Crippen LogP contribution in [0.4, 0.5) is 4.79 Å². The smallest absolute Gasteiger partial charge is 0.315 e. The van der Waals surface area contributed by atoms with Gasteiger partial charge in [0.15, 0.2) is 0 Å². The van der Waals surface area contributed by atoms with Crippen LogP contribution in [-0.2, 0) is 4.74 Å². The number of carbonyl (C=O) groups excluding carboxylic acids is 1. The van der Waals surface area contributed by atoms with Crippen molar-refractivity contribution < 1.29 is 9.53 Å². The van der Waals surface area contributed by atoms with Crippen molar-refractivity contribution in [1.82, 2.24) is 15.5 Å². The van der Waals surface area contributed by atoms with Gasteiger partial charge in [-0.2, -0.15) is 0 Å². The van der Waals surface area contributed by atoms with Crippen LogP contribution in [0.15, 0.2) is 0 Å². The van der Waals surface area contributed by atoms with E-state index in [4.69, 9.17) is 4.74 Å². The fraction of sp³-hybridized carbons (Fsp3) is 0.923. The van der Waals surface area contributed by atoms with Crippen LogP contribution in [0.1, 0.15) is 32.6 Å². The number of hydrogen-bond acceptors (Lipinski definition) is 3. The molecule has 2 amide bonds. The Hall–Kier alpha value is -0.810. The summed E-state index contributed by atoms with van der Waals surface area (Å²) in [5, 5.41) is 5.94. The molecule has 2 N–H and O–H groups in total. The van der Waals surface area contributed by atoms with Gasteiger partial charge in [-0.1, -0.05) is 19.8 Å². The van der Waals surface area contributed by atoms with Gasteiger partial charge in [-0.25, -0.2) is 4.79 Å². The average Bonchev–Trinajstić information content (AvgIpc) is 2.80. The number of likely N-dealkylation sites (tertiary alicyclic amines) is 1. The summed E-state index contributed by atoms with van der Waals surface area (Å²) in [6, 6.07) is 0.262. The third-order valence-electron chi connectivity index (χ3n) is 3.29. The maximum atomic E-state index is 11.6. The quantitative estimate of drug-likeness (QED) is 0.642. The fourth-order valence-corrected chi connectivity index (χ4v) is 2.19. The number of nitrogens with zero attached hydrogens (tertiary/aromatic N) is 1. The van der Waals surface area contributed by atoms with Crippen LogP contribution in [-0.4, -0.2) is 56.9 Å². The summed E-state index contributed by atoms with van der Waals surface area (Å²) < 4.78 is 5.05. The topological polar surface area (TPSA) is 53.6 Å². The molecule has 0 unspecified atom stereocenters. The molecular formula is C13H27N3O2. The zero-order valence-electron chi connectivity index (χ0n) is 11.7. The van der Waals surface area contributed by atoms with Crippen molar-refractivity contribution in [1.29, 1.82) is 0 Å². The molecule has 0 saturated carbocycles. The Labute approximate surface area is 110 Å². The molecule has 106 valence electrons. The lowest BCUT2D eigenvalue weighted by Crippen LogP contribution is -2.43. The number of rotatable bonds is 8. The van der Waals surface area contributed by atoms with Crippen molar-refractivity contribution in [2.24, 2.45) is 0 Å². The van der Waals surface area contributed by atoms with Gasteiger partial charge >= 0.3 is 6.03 Å². The molecule has 1 aliphatic rings. The first-order chi connectivity index (χ1) is 8.76. The highest BCUT2D eigenvalue weighted by Gasteiger charge is 2.23. The third-order valence-corrected chi connectivity index (χ3v) is 3.29. The lowest BCUT2D eigenvalue weighted by molar-refractivity contribution is 0.159. The molecule has 1 rings (SSSR count). The standard InChI is InChI=1S/C13H27N3O2/c1-3-4-5-7-14-13(17)15-12-6-8-16(11-12)9-10-18-2/h12H,3-11H2,1-2H3,(H2,14,15,17)/t12-/m1/s1. The van der Waals surface area contributed by atoms with Crippen LogP contribution in [0.3, 0.4) is 0 Å². The Balaban J connectivity index is 2.06. The summed E-state index contributed by atoms with van der Waals surface area (Å²) in [6.45, 7) is 6.63. The second-order valence-corrected chi connectivity index (χ2v) is 4.89. The summed E-state index contributed by atoms with van der Waals surface area (Å²) >= 11 is 0. The van der Waals surface area contributed by atoms with Gasteiger partial charge in [0, 0.05) is 39.3 Å². The summed E-state index contributed by atoms with van der Waals surface area (Å²) in [5.41, 5.74) is 0. The van der Waals surface area contributed by atoms with Gasteiger partial charge in [-0.15, -0.1) is 0 Å². The molecule has 0 aromatic heterocycles. The number of carbonyl (C=O) groups is 1. The first-order valence-corrected chi connectivity index (χ1v) is 7.02. The van der Waals surface area contributed by atoms with Crippen molar-refractivity contribution in [3.05, 3.63) is 0 Å². The van der Waals surface area contributed by atoms with Crippen molar-refractivity contribution in [3.8, 4) is 0 Å². The first kappa shape index (κ1) is 15.2. The molecule has 0 aromatic rings. The largest absolute Gasteiger partial charge is 0.383 e. The highest BCUT2D eigenvalue weighted by Crippen LogP contribution is 2.08. The van der Waals surface area contributed by atoms with E-state index in [9.17, 15) is 4.79 Å². The second-order valence-electron chi connectivity index (χ2n) is 4.89. The number of hydrogen-bond donors (Lipinski definition) is 2. The van der Waals surface area contributed by atoms with Gasteiger partial charge in [-0.3, -0.25) is 4.90 Å². The minimum absolute atomic E-state index is 0.0234. The van der Waals surface area contributed by atoms with Gasteiger partial charge in [-0.05, 0) is 12.8 Å². The van der Waals surface area contributed by atoms with E-state index in [1.165, 1.54) is 12.8 Å². The van der Waals surface area contributed by atoms with E-state index in [1.807, 2.05) is 0 Å². The molecule has 0 bridgehead atoms. The van der Waals surface area contributed by atoms with Crippen molar-refractivity contribution in [2.45, 2.75) is 38.6 Å². The maximum absolute atomic E-state index is 11.6. The van der Waals surface area contributed by atoms with Gasteiger partial charge in [0.05, 0.1) is 6.61 Å². The van der Waals surface area contributed by atoms with Crippen LogP contribution in [0, 0.1) is 0 Å². The van der Waals surface area contributed by atoms with Crippen molar-refractivity contribution in [2.75, 3.05) is 39.9 Å². The molecule has 1 fully saturated rings. The summed E-state index contributed by atoms with van der Waals surface area (Å²) in [4.78, 5) is 13.9. The molecule has 1 aliphatic heterocycles. The minimum Gasteiger partial charge on any atom is -0.383 e. The van der Waals surface area contributed by atoms with E-state index >= 15 is 0 Å². The second kappa shape index (κ2) is 9.16. The Morgan fingerprint density at radius 1 is 1.44 bits per heavy atom. The van der Waals surface area contributed by atoms with Gasteiger partial charge in [0.1, 0.15) is 0 Å². The number of unbranched alkanes of at least 4 members (excludes halogenated alkanes) is 2. The zero-order valence-corrected chi connectivity index (χ0v) is 11.7. The van der Waals surface area contributed by atoms with Crippen molar-refractivity contribution >= 4 is 6.03 Å². The minimum atomic E-state index is -0.0234. The molecule has 0 spiro atoms. The summed E-state index contributed by atoms with van der Waals surface area (Å²) in [7, 11) is 1.72. The Morgan fingerprint density at radius 3 is 3.00 bits per heavy atom. The summed E-state index contributed by atoms with van der Waals surface area (Å²) in [6.07, 6.45) is 4.45. The molecule has 0 aromatic carbocycles. The average molecular weight is 257 g/mol. The van der Waals surface area contributed by atoms with Gasteiger partial charge in [0.25, 0.3) is 0 Å². The normalized spacial score (nSPS) is 20.0. The highest BCUT2D eigenvalue weighted by molar-refractivity contribution is 5.74. The predicted molar refractivity (Wildman–Crippen MR) is 72.8 cm³/mol. The van der Waals surface area contributed by atoms with Crippen LogP contribution < -0.4 is 10.6 Å². The van der Waals surface area contributed by atoms with E-state index < -0.39 is 0 Å². The maximum Gasteiger partial charge on any atom is 0.315 e. The molecule has 1 heterocycles. The summed E-state index contributed by atoms with van der Waals surface area (Å²) in [5.74, 6) is 0. The monoisotopic (exact) mass is 257 g/mol. The Morgan fingerprint density at radius 2 is 2.28 bits per heavy atom.